The second kappa shape index (κ2) is 3.44. The highest BCUT2D eigenvalue weighted by Gasteiger charge is 2.15. The summed E-state index contributed by atoms with van der Waals surface area (Å²) in [5, 5.41) is 0. The molecule has 16 heavy (non-hydrogen) atoms. The average Bonchev–Trinajstić information content (AvgIpc) is 2.54. The molecule has 0 amide bonds. The fourth-order valence-corrected chi connectivity index (χ4v) is 1.78. The van der Waals surface area contributed by atoms with E-state index in [-0.39, 0.29) is 5.41 Å². The summed E-state index contributed by atoms with van der Waals surface area (Å²) in [7, 11) is 1.87. The zero-order valence-corrected chi connectivity index (χ0v) is 10.1. The molecule has 0 bridgehead atoms. The maximum absolute atomic E-state index is 10.8. The molecule has 0 fully saturated rings. The van der Waals surface area contributed by atoms with Crippen LogP contribution in [0.2, 0.25) is 0 Å². The monoisotopic (exact) mass is 216 g/mol. The molecule has 1 aromatic carbocycles. The lowest BCUT2D eigenvalue weighted by Gasteiger charge is -2.18. The molecule has 2 rings (SSSR count). The van der Waals surface area contributed by atoms with Gasteiger partial charge in [0, 0.05) is 7.05 Å². The summed E-state index contributed by atoms with van der Waals surface area (Å²) >= 11 is 0. The van der Waals surface area contributed by atoms with Gasteiger partial charge in [-0.2, -0.15) is 0 Å². The van der Waals surface area contributed by atoms with E-state index >= 15 is 0 Å². The maximum atomic E-state index is 10.8. The van der Waals surface area contributed by atoms with Crippen LogP contribution in [0.15, 0.2) is 18.2 Å². The summed E-state index contributed by atoms with van der Waals surface area (Å²) in [5.41, 5.74) is 3.24. The molecule has 0 atom stereocenters. The molecule has 0 saturated heterocycles. The molecule has 0 unspecified atom stereocenters. The Kier molecular flexibility index (Phi) is 2.34. The number of hydrogen-bond donors (Lipinski definition) is 0. The van der Waals surface area contributed by atoms with Crippen molar-refractivity contribution in [2.24, 2.45) is 7.05 Å². The van der Waals surface area contributed by atoms with Gasteiger partial charge in [-0.25, -0.2) is 4.98 Å². The van der Waals surface area contributed by atoms with Gasteiger partial charge in [0.2, 0.25) is 0 Å². The normalized spacial score (nSPS) is 12.0. The largest absolute Gasteiger partial charge is 0.325 e. The quantitative estimate of drug-likeness (QED) is 0.687. The minimum absolute atomic E-state index is 0.111. The van der Waals surface area contributed by atoms with Crippen LogP contribution in [0.5, 0.6) is 0 Å². The molecule has 0 aliphatic heterocycles. The smallest absolute Gasteiger partial charge is 0.185 e. The van der Waals surface area contributed by atoms with Crippen molar-refractivity contribution in [2.75, 3.05) is 0 Å². The minimum atomic E-state index is 0.111. The molecule has 2 aromatic rings. The van der Waals surface area contributed by atoms with Crippen molar-refractivity contribution >= 4 is 17.3 Å². The lowest BCUT2D eigenvalue weighted by atomic mass is 9.87. The zero-order valence-electron chi connectivity index (χ0n) is 10.1. The highest BCUT2D eigenvalue weighted by molar-refractivity contribution is 5.83. The van der Waals surface area contributed by atoms with Gasteiger partial charge >= 0.3 is 0 Å². The van der Waals surface area contributed by atoms with Gasteiger partial charge in [-0.3, -0.25) is 4.79 Å². The van der Waals surface area contributed by atoms with Crippen LogP contribution in [0.4, 0.5) is 0 Å². The van der Waals surface area contributed by atoms with E-state index < -0.39 is 0 Å². The number of imidazole rings is 1. The number of aromatic nitrogens is 2. The van der Waals surface area contributed by atoms with E-state index in [0.29, 0.717) is 5.82 Å². The highest BCUT2D eigenvalue weighted by Crippen LogP contribution is 2.25. The van der Waals surface area contributed by atoms with Gasteiger partial charge in [-0.15, -0.1) is 0 Å². The van der Waals surface area contributed by atoms with Crippen LogP contribution in [-0.4, -0.2) is 15.8 Å². The Bertz CT molecular complexity index is 547. The Balaban J connectivity index is 2.70. The average molecular weight is 216 g/mol. The minimum Gasteiger partial charge on any atom is -0.325 e. The van der Waals surface area contributed by atoms with Gasteiger partial charge in [0.25, 0.3) is 0 Å². The van der Waals surface area contributed by atoms with E-state index in [1.165, 1.54) is 5.56 Å². The second-order valence-electron chi connectivity index (χ2n) is 5.10. The number of benzene rings is 1. The molecular formula is C13H16N2O. The van der Waals surface area contributed by atoms with Crippen LogP contribution in [0.25, 0.3) is 11.0 Å². The molecule has 1 heterocycles. The van der Waals surface area contributed by atoms with Gasteiger partial charge in [0.05, 0.1) is 11.0 Å². The number of aryl methyl sites for hydroxylation is 1. The second-order valence-corrected chi connectivity index (χ2v) is 5.10. The van der Waals surface area contributed by atoms with Crippen LogP contribution < -0.4 is 0 Å². The van der Waals surface area contributed by atoms with Crippen molar-refractivity contribution < 1.29 is 4.79 Å². The molecule has 3 nitrogen and oxygen atoms in total. The fraction of sp³-hybridized carbons (Fsp3) is 0.385. The number of aldehydes is 1. The number of carbonyl (C=O) groups is 1. The first kappa shape index (κ1) is 10.9. The maximum Gasteiger partial charge on any atom is 0.185 e. The molecule has 0 aliphatic rings. The number of nitrogens with zero attached hydrogens (tertiary/aromatic N) is 2. The molecular weight excluding hydrogens is 200 g/mol. The Labute approximate surface area is 95.1 Å². The first-order valence-electron chi connectivity index (χ1n) is 5.35. The van der Waals surface area contributed by atoms with Crippen LogP contribution in [-0.2, 0) is 12.5 Å². The molecule has 3 heteroatoms. The molecule has 84 valence electrons. The van der Waals surface area contributed by atoms with Crippen LogP contribution in [0, 0.1) is 0 Å². The van der Waals surface area contributed by atoms with Crippen molar-refractivity contribution in [3.63, 3.8) is 0 Å². The SMILES string of the molecule is Cn1c(C=O)nc2ccc(C(C)(C)C)cc21. The van der Waals surface area contributed by atoms with Crippen molar-refractivity contribution in [3.05, 3.63) is 29.6 Å². The first-order chi connectivity index (χ1) is 7.43. The molecule has 0 aliphatic carbocycles. The Hall–Kier alpha value is -1.64. The molecule has 0 radical (unpaired) electrons. The van der Waals surface area contributed by atoms with E-state index in [9.17, 15) is 4.79 Å². The number of carbonyl (C=O) groups excluding carboxylic acids is 1. The predicted molar refractivity (Wildman–Crippen MR) is 64.8 cm³/mol. The number of hydrogen-bond acceptors (Lipinski definition) is 2. The third-order valence-corrected chi connectivity index (χ3v) is 2.89. The van der Waals surface area contributed by atoms with Gasteiger partial charge in [-0.05, 0) is 23.1 Å². The van der Waals surface area contributed by atoms with Crippen LogP contribution >= 0.6 is 0 Å². The van der Waals surface area contributed by atoms with Crippen molar-refractivity contribution in [3.8, 4) is 0 Å². The van der Waals surface area contributed by atoms with E-state index in [2.05, 4.69) is 37.9 Å². The molecule has 0 spiro atoms. The lowest BCUT2D eigenvalue weighted by molar-refractivity contribution is 0.111. The van der Waals surface area contributed by atoms with Crippen molar-refractivity contribution in [1.82, 2.24) is 9.55 Å². The molecule has 0 saturated carbocycles. The summed E-state index contributed by atoms with van der Waals surface area (Å²) < 4.78 is 1.83. The topological polar surface area (TPSA) is 34.9 Å². The van der Waals surface area contributed by atoms with E-state index in [4.69, 9.17) is 0 Å². The lowest BCUT2D eigenvalue weighted by Crippen LogP contribution is -2.10. The van der Waals surface area contributed by atoms with Gasteiger partial charge in [-0.1, -0.05) is 26.8 Å². The summed E-state index contributed by atoms with van der Waals surface area (Å²) in [4.78, 5) is 15.0. The molecule has 1 aromatic heterocycles. The van der Waals surface area contributed by atoms with Crippen LogP contribution in [0.1, 0.15) is 37.0 Å². The van der Waals surface area contributed by atoms with E-state index in [0.717, 1.165) is 17.3 Å². The summed E-state index contributed by atoms with van der Waals surface area (Å²) in [6.07, 6.45) is 0.788. The van der Waals surface area contributed by atoms with Crippen molar-refractivity contribution in [2.45, 2.75) is 26.2 Å². The number of rotatable bonds is 1. The third kappa shape index (κ3) is 1.62. The highest BCUT2D eigenvalue weighted by atomic mass is 16.1. The van der Waals surface area contributed by atoms with Crippen molar-refractivity contribution in [1.29, 1.82) is 0 Å². The zero-order chi connectivity index (χ0) is 11.9. The van der Waals surface area contributed by atoms with E-state index in [1.54, 1.807) is 0 Å². The first-order valence-corrected chi connectivity index (χ1v) is 5.35. The Morgan fingerprint density at radius 2 is 2.00 bits per heavy atom. The van der Waals surface area contributed by atoms with E-state index in [1.807, 2.05) is 17.7 Å². The van der Waals surface area contributed by atoms with Gasteiger partial charge in [0.15, 0.2) is 12.1 Å². The fourth-order valence-electron chi connectivity index (χ4n) is 1.78. The third-order valence-electron chi connectivity index (χ3n) is 2.89. The standard InChI is InChI=1S/C13H16N2O/c1-13(2,3)9-5-6-10-11(7-9)15(4)12(8-16)14-10/h5-8H,1-4H3. The molecule has 0 N–H and O–H groups in total. The summed E-state index contributed by atoms with van der Waals surface area (Å²) in [6.45, 7) is 6.52. The Morgan fingerprint density at radius 1 is 1.31 bits per heavy atom. The van der Waals surface area contributed by atoms with Gasteiger partial charge < -0.3 is 4.57 Å². The number of fused-ring (bicyclic) bond motifs is 1. The van der Waals surface area contributed by atoms with Gasteiger partial charge in [0.1, 0.15) is 0 Å². The summed E-state index contributed by atoms with van der Waals surface area (Å²) in [5.74, 6) is 0.473. The summed E-state index contributed by atoms with van der Waals surface area (Å²) in [6, 6.07) is 6.15. The predicted octanol–water partition coefficient (Wildman–Crippen LogP) is 2.68. The Morgan fingerprint density at radius 3 is 2.56 bits per heavy atom. The van der Waals surface area contributed by atoms with Crippen LogP contribution in [0.3, 0.4) is 0 Å².